The molecule has 21 heavy (non-hydrogen) atoms. The summed E-state index contributed by atoms with van der Waals surface area (Å²) in [6.07, 6.45) is 2.31. The lowest BCUT2D eigenvalue weighted by atomic mass is 9.89. The Morgan fingerprint density at radius 2 is 2.14 bits per heavy atom. The van der Waals surface area contributed by atoms with Crippen molar-refractivity contribution in [1.82, 2.24) is 9.96 Å². The van der Waals surface area contributed by atoms with E-state index in [0.717, 1.165) is 6.42 Å². The maximum atomic E-state index is 11.4. The van der Waals surface area contributed by atoms with Crippen LogP contribution in [0.1, 0.15) is 19.3 Å². The van der Waals surface area contributed by atoms with E-state index in [2.05, 4.69) is 4.99 Å². The van der Waals surface area contributed by atoms with Crippen molar-refractivity contribution in [2.75, 3.05) is 26.2 Å². The van der Waals surface area contributed by atoms with Gasteiger partial charge in [0.05, 0.1) is 0 Å². The summed E-state index contributed by atoms with van der Waals surface area (Å²) in [4.78, 5) is 17.5. The monoisotopic (exact) mass is 296 g/mol. The highest BCUT2D eigenvalue weighted by molar-refractivity contribution is 6.00. The van der Waals surface area contributed by atoms with Gasteiger partial charge in [0.2, 0.25) is 0 Å². The zero-order valence-electron chi connectivity index (χ0n) is 11.7. The van der Waals surface area contributed by atoms with E-state index in [1.165, 1.54) is 11.1 Å². The van der Waals surface area contributed by atoms with Crippen molar-refractivity contribution in [2.24, 2.45) is 10.7 Å². The first-order valence-corrected chi connectivity index (χ1v) is 7.15. The van der Waals surface area contributed by atoms with E-state index in [0.29, 0.717) is 44.9 Å². The van der Waals surface area contributed by atoms with Gasteiger partial charge in [0, 0.05) is 26.2 Å². The minimum atomic E-state index is -0.925. The maximum absolute atomic E-state index is 11.4. The summed E-state index contributed by atoms with van der Waals surface area (Å²) < 4.78 is 6.02. The van der Waals surface area contributed by atoms with E-state index in [4.69, 9.17) is 10.5 Å². The molecular formula is C13H20N4O4. The van der Waals surface area contributed by atoms with Crippen molar-refractivity contribution in [1.29, 1.82) is 0 Å². The summed E-state index contributed by atoms with van der Waals surface area (Å²) in [5.74, 6) is -0.114. The van der Waals surface area contributed by atoms with E-state index >= 15 is 0 Å². The van der Waals surface area contributed by atoms with Gasteiger partial charge in [-0.3, -0.25) is 4.79 Å². The quantitative estimate of drug-likeness (QED) is 0.574. The molecule has 116 valence electrons. The van der Waals surface area contributed by atoms with Crippen LogP contribution < -0.4 is 5.73 Å². The number of piperidine rings is 1. The third kappa shape index (κ3) is 2.55. The smallest absolute Gasteiger partial charge is 0.267 e. The van der Waals surface area contributed by atoms with Crippen LogP contribution >= 0.6 is 0 Å². The molecule has 0 radical (unpaired) electrons. The van der Waals surface area contributed by atoms with Crippen LogP contribution in [-0.4, -0.2) is 70.1 Å². The van der Waals surface area contributed by atoms with E-state index in [1.54, 1.807) is 4.90 Å². The molecule has 3 rings (SSSR count). The van der Waals surface area contributed by atoms with Crippen molar-refractivity contribution in [3.8, 4) is 0 Å². The largest absolute Gasteiger partial charge is 0.370 e. The first-order valence-electron chi connectivity index (χ1n) is 7.15. The molecule has 8 nitrogen and oxygen atoms in total. The molecule has 0 aromatic heterocycles. The molecule has 8 heteroatoms. The van der Waals surface area contributed by atoms with Gasteiger partial charge < -0.3 is 25.7 Å². The first-order chi connectivity index (χ1) is 10.0. The Kier molecular flexibility index (Phi) is 3.70. The van der Waals surface area contributed by atoms with E-state index in [1.807, 2.05) is 0 Å². The highest BCUT2D eigenvalue weighted by atomic mass is 16.5. The summed E-state index contributed by atoms with van der Waals surface area (Å²) in [6.45, 7) is 2.07. The van der Waals surface area contributed by atoms with E-state index in [-0.39, 0.29) is 5.70 Å². The zero-order chi connectivity index (χ0) is 15.0. The van der Waals surface area contributed by atoms with Gasteiger partial charge in [0.1, 0.15) is 23.4 Å². The lowest BCUT2D eigenvalue weighted by Crippen LogP contribution is -2.58. The fraction of sp³-hybridized carbons (Fsp3) is 0.692. The lowest BCUT2D eigenvalue weighted by molar-refractivity contribution is -0.144. The number of fused-ring (bicyclic) bond motifs is 2. The standard InChI is InChI=1S/C13H20N4O4/c14-11(19)9-8-10(18)17-4-1-7-21-13(12(17)15-9)2-5-16(20)6-3-13/h8,10,18,20H,1-7H2,(H2,14,19). The number of aliphatic imine (C=N–C) groups is 1. The summed E-state index contributed by atoms with van der Waals surface area (Å²) in [7, 11) is 0. The van der Waals surface area contributed by atoms with Crippen LogP contribution in [-0.2, 0) is 9.53 Å². The molecule has 2 saturated heterocycles. The van der Waals surface area contributed by atoms with Crippen molar-refractivity contribution < 1.29 is 19.8 Å². The number of carbonyl (C=O) groups is 1. The average molecular weight is 296 g/mol. The summed E-state index contributed by atoms with van der Waals surface area (Å²) in [6, 6.07) is 0. The fourth-order valence-electron chi connectivity index (χ4n) is 3.10. The number of ether oxygens (including phenoxy) is 1. The molecule has 0 aliphatic carbocycles. The van der Waals surface area contributed by atoms with Gasteiger partial charge in [0.15, 0.2) is 0 Å². The van der Waals surface area contributed by atoms with Crippen LogP contribution in [0.3, 0.4) is 0 Å². The van der Waals surface area contributed by atoms with Crippen LogP contribution in [0.4, 0.5) is 0 Å². The van der Waals surface area contributed by atoms with Gasteiger partial charge in [-0.25, -0.2) is 4.99 Å². The fourth-order valence-corrected chi connectivity index (χ4v) is 3.10. The lowest BCUT2D eigenvalue weighted by Gasteiger charge is -2.44. The molecule has 1 spiro atoms. The maximum Gasteiger partial charge on any atom is 0.267 e. The van der Waals surface area contributed by atoms with Gasteiger partial charge in [-0.2, -0.15) is 5.06 Å². The summed E-state index contributed by atoms with van der Waals surface area (Å²) in [5, 5.41) is 21.1. The van der Waals surface area contributed by atoms with Crippen molar-refractivity contribution in [3.63, 3.8) is 0 Å². The number of carbonyl (C=O) groups excluding carboxylic acids is 1. The van der Waals surface area contributed by atoms with Gasteiger partial charge in [-0.1, -0.05) is 0 Å². The molecule has 0 aromatic carbocycles. The molecule has 3 heterocycles. The average Bonchev–Trinajstić information content (AvgIpc) is 2.63. The Morgan fingerprint density at radius 1 is 1.43 bits per heavy atom. The highest BCUT2D eigenvalue weighted by Crippen LogP contribution is 2.34. The first kappa shape index (κ1) is 14.5. The number of nitrogens with two attached hydrogens (primary N) is 1. The second-order valence-corrected chi connectivity index (χ2v) is 5.61. The van der Waals surface area contributed by atoms with Crippen LogP contribution in [0.25, 0.3) is 0 Å². The third-order valence-corrected chi connectivity index (χ3v) is 4.25. The number of hydrogen-bond donors (Lipinski definition) is 3. The predicted octanol–water partition coefficient (Wildman–Crippen LogP) is -0.968. The van der Waals surface area contributed by atoms with Gasteiger partial charge in [-0.15, -0.1) is 0 Å². The normalized spacial score (nSPS) is 29.4. The third-order valence-electron chi connectivity index (χ3n) is 4.25. The number of aliphatic hydroxyl groups excluding tert-OH is 1. The molecular weight excluding hydrogens is 276 g/mol. The second-order valence-electron chi connectivity index (χ2n) is 5.61. The van der Waals surface area contributed by atoms with Crippen molar-refractivity contribution in [3.05, 3.63) is 11.8 Å². The van der Waals surface area contributed by atoms with Gasteiger partial charge >= 0.3 is 0 Å². The SMILES string of the molecule is NC(=O)C1=CC(O)N2CCCOC3(CCN(O)CC3)C2=N1. The topological polar surface area (TPSA) is 112 Å². The molecule has 2 fully saturated rings. The second kappa shape index (κ2) is 5.38. The molecule has 0 aromatic rings. The highest BCUT2D eigenvalue weighted by Gasteiger charge is 2.46. The molecule has 0 bridgehead atoms. The predicted molar refractivity (Wildman–Crippen MR) is 73.3 cm³/mol. The molecule has 1 atom stereocenters. The van der Waals surface area contributed by atoms with Crippen LogP contribution in [0, 0.1) is 0 Å². The zero-order valence-corrected chi connectivity index (χ0v) is 11.7. The van der Waals surface area contributed by atoms with Gasteiger partial charge in [0.25, 0.3) is 5.91 Å². The number of primary amides is 1. The summed E-state index contributed by atoms with van der Waals surface area (Å²) >= 11 is 0. The van der Waals surface area contributed by atoms with E-state index in [9.17, 15) is 15.1 Å². The molecule has 0 saturated carbocycles. The minimum absolute atomic E-state index is 0.0602. The number of aliphatic hydroxyl groups is 1. The number of amidine groups is 1. The van der Waals surface area contributed by atoms with Crippen molar-refractivity contribution >= 4 is 11.7 Å². The van der Waals surface area contributed by atoms with Crippen LogP contribution in [0.5, 0.6) is 0 Å². The molecule has 1 unspecified atom stereocenters. The molecule has 1 amide bonds. The number of nitrogens with zero attached hydrogens (tertiary/aromatic N) is 3. The molecule has 4 N–H and O–H groups in total. The van der Waals surface area contributed by atoms with Crippen molar-refractivity contribution in [2.45, 2.75) is 31.1 Å². The number of amides is 1. The van der Waals surface area contributed by atoms with E-state index < -0.39 is 17.7 Å². The molecule has 3 aliphatic heterocycles. The van der Waals surface area contributed by atoms with Crippen LogP contribution in [0.15, 0.2) is 16.8 Å². The summed E-state index contributed by atoms with van der Waals surface area (Å²) in [5.41, 5.74) is 4.68. The Hall–Kier alpha value is -1.48. The van der Waals surface area contributed by atoms with Gasteiger partial charge in [-0.05, 0) is 25.3 Å². The Morgan fingerprint density at radius 3 is 2.81 bits per heavy atom. The van der Waals surface area contributed by atoms with Crippen LogP contribution in [0.2, 0.25) is 0 Å². The molecule has 3 aliphatic rings. The minimum Gasteiger partial charge on any atom is -0.370 e. The Bertz CT molecular complexity index is 496. The Balaban J connectivity index is 1.99. The number of hydrogen-bond acceptors (Lipinski definition) is 7. The Labute approximate surface area is 122 Å². The number of hydroxylamine groups is 2. The number of rotatable bonds is 1.